The third-order valence-electron chi connectivity index (χ3n) is 2.59. The highest BCUT2D eigenvalue weighted by molar-refractivity contribution is 7.03. The van der Waals surface area contributed by atoms with Crippen molar-refractivity contribution in [2.45, 2.75) is 19.5 Å². The van der Waals surface area contributed by atoms with E-state index in [1.807, 2.05) is 29.8 Å². The highest BCUT2D eigenvalue weighted by Crippen LogP contribution is 2.17. The van der Waals surface area contributed by atoms with Gasteiger partial charge in [0, 0.05) is 24.2 Å². The van der Waals surface area contributed by atoms with Gasteiger partial charge in [0.05, 0.1) is 11.4 Å². The molecule has 1 unspecified atom stereocenters. The van der Waals surface area contributed by atoms with E-state index in [2.05, 4.69) is 33.4 Å². The summed E-state index contributed by atoms with van der Waals surface area (Å²) in [6.45, 7) is 2.94. The van der Waals surface area contributed by atoms with Crippen LogP contribution in [0.2, 0.25) is 0 Å². The molecule has 2 aromatic rings. The molecule has 0 N–H and O–H groups in total. The molecule has 0 saturated carbocycles. The van der Waals surface area contributed by atoms with Crippen molar-refractivity contribution in [3.05, 3.63) is 41.2 Å². The Balaban J connectivity index is 2.02. The summed E-state index contributed by atoms with van der Waals surface area (Å²) >= 11 is 1.39. The van der Waals surface area contributed by atoms with Crippen LogP contribution in [0.1, 0.15) is 24.4 Å². The lowest BCUT2D eigenvalue weighted by molar-refractivity contribution is 0.246. The van der Waals surface area contributed by atoms with Crippen molar-refractivity contribution in [2.24, 2.45) is 0 Å². The van der Waals surface area contributed by atoms with Crippen LogP contribution in [0.4, 0.5) is 0 Å². The van der Waals surface area contributed by atoms with Gasteiger partial charge in [0.25, 0.3) is 0 Å². The van der Waals surface area contributed by atoms with E-state index in [1.165, 1.54) is 11.5 Å². The van der Waals surface area contributed by atoms with E-state index in [0.717, 1.165) is 17.9 Å². The van der Waals surface area contributed by atoms with E-state index < -0.39 is 0 Å². The van der Waals surface area contributed by atoms with E-state index in [-0.39, 0.29) is 6.04 Å². The Bertz CT molecular complexity index is 415. The minimum absolute atomic E-state index is 0.280. The highest BCUT2D eigenvalue weighted by Gasteiger charge is 2.13. The molecule has 1 atom stereocenters. The Labute approximate surface area is 99.1 Å². The third kappa shape index (κ3) is 2.62. The molecular formula is C11H14N4S. The second kappa shape index (κ2) is 5.14. The molecule has 0 aliphatic rings. The van der Waals surface area contributed by atoms with Gasteiger partial charge in [-0.25, -0.2) is 0 Å². The van der Waals surface area contributed by atoms with Gasteiger partial charge in [-0.15, -0.1) is 5.10 Å². The first-order valence-corrected chi connectivity index (χ1v) is 5.98. The van der Waals surface area contributed by atoms with Crippen molar-refractivity contribution in [3.8, 4) is 0 Å². The fraction of sp³-hybridized carbons (Fsp3) is 0.364. The molecule has 2 heterocycles. The second-order valence-electron chi connectivity index (χ2n) is 3.74. The molecule has 0 amide bonds. The standard InChI is InChI=1S/C11H14N4S/c1-9(11-5-3-4-6-12-11)15(2)7-10-8-16-14-13-10/h3-6,8-9H,7H2,1-2H3. The third-order valence-corrected chi connectivity index (χ3v) is 3.15. The van der Waals surface area contributed by atoms with Gasteiger partial charge in [0.15, 0.2) is 0 Å². The fourth-order valence-corrected chi connectivity index (χ4v) is 1.94. The molecule has 2 aromatic heterocycles. The number of aromatic nitrogens is 3. The topological polar surface area (TPSA) is 41.9 Å². The smallest absolute Gasteiger partial charge is 0.0895 e. The zero-order valence-corrected chi connectivity index (χ0v) is 10.2. The van der Waals surface area contributed by atoms with Crippen molar-refractivity contribution in [2.75, 3.05) is 7.05 Å². The summed E-state index contributed by atoms with van der Waals surface area (Å²) in [5, 5.41) is 6.01. The molecule has 0 bridgehead atoms. The highest BCUT2D eigenvalue weighted by atomic mass is 32.1. The van der Waals surface area contributed by atoms with Crippen LogP contribution in [-0.4, -0.2) is 26.5 Å². The van der Waals surface area contributed by atoms with E-state index >= 15 is 0 Å². The van der Waals surface area contributed by atoms with Crippen molar-refractivity contribution >= 4 is 11.5 Å². The van der Waals surface area contributed by atoms with Gasteiger partial charge in [-0.05, 0) is 37.6 Å². The Kier molecular flexibility index (Phi) is 3.58. The molecule has 0 aliphatic carbocycles. The van der Waals surface area contributed by atoms with Gasteiger partial charge in [-0.3, -0.25) is 9.88 Å². The Morgan fingerprint density at radius 1 is 1.44 bits per heavy atom. The predicted molar refractivity (Wildman–Crippen MR) is 64.0 cm³/mol. The first kappa shape index (κ1) is 11.2. The molecule has 16 heavy (non-hydrogen) atoms. The average Bonchev–Trinajstić information content (AvgIpc) is 2.82. The van der Waals surface area contributed by atoms with Gasteiger partial charge >= 0.3 is 0 Å². The predicted octanol–water partition coefficient (Wildman–Crippen LogP) is 2.13. The molecule has 0 aromatic carbocycles. The van der Waals surface area contributed by atoms with E-state index in [0.29, 0.717) is 0 Å². The first-order chi connectivity index (χ1) is 7.77. The lowest BCUT2D eigenvalue weighted by Crippen LogP contribution is -2.22. The summed E-state index contributed by atoms with van der Waals surface area (Å²) in [5.41, 5.74) is 2.09. The molecule has 5 heteroatoms. The summed E-state index contributed by atoms with van der Waals surface area (Å²) in [4.78, 5) is 6.56. The molecule has 0 radical (unpaired) electrons. The number of rotatable bonds is 4. The van der Waals surface area contributed by atoms with Gasteiger partial charge in [0.2, 0.25) is 0 Å². The summed E-state index contributed by atoms with van der Waals surface area (Å²) in [7, 11) is 2.07. The Morgan fingerprint density at radius 3 is 2.94 bits per heavy atom. The van der Waals surface area contributed by atoms with Crippen LogP contribution in [0.15, 0.2) is 29.8 Å². The lowest BCUT2D eigenvalue weighted by atomic mass is 10.2. The minimum Gasteiger partial charge on any atom is -0.292 e. The van der Waals surface area contributed by atoms with E-state index in [1.54, 1.807) is 0 Å². The molecule has 0 spiro atoms. The maximum absolute atomic E-state index is 4.35. The summed E-state index contributed by atoms with van der Waals surface area (Å²) in [5.74, 6) is 0. The molecule has 84 valence electrons. The van der Waals surface area contributed by atoms with Gasteiger partial charge in [-0.2, -0.15) is 0 Å². The van der Waals surface area contributed by atoms with Gasteiger partial charge in [-0.1, -0.05) is 10.6 Å². The number of hydrogen-bond acceptors (Lipinski definition) is 5. The quantitative estimate of drug-likeness (QED) is 0.812. The zero-order chi connectivity index (χ0) is 11.4. The van der Waals surface area contributed by atoms with Crippen molar-refractivity contribution < 1.29 is 0 Å². The largest absolute Gasteiger partial charge is 0.292 e. The summed E-state index contributed by atoms with van der Waals surface area (Å²) < 4.78 is 3.86. The molecule has 0 aliphatic heterocycles. The lowest BCUT2D eigenvalue weighted by Gasteiger charge is -2.22. The molecule has 2 rings (SSSR count). The number of hydrogen-bond donors (Lipinski definition) is 0. The normalized spacial score (nSPS) is 12.9. The zero-order valence-electron chi connectivity index (χ0n) is 9.37. The van der Waals surface area contributed by atoms with Gasteiger partial charge in [0.1, 0.15) is 0 Å². The monoisotopic (exact) mass is 234 g/mol. The first-order valence-electron chi connectivity index (χ1n) is 5.14. The second-order valence-corrected chi connectivity index (χ2v) is 4.35. The van der Waals surface area contributed by atoms with Crippen molar-refractivity contribution in [3.63, 3.8) is 0 Å². The summed E-state index contributed by atoms with van der Waals surface area (Å²) in [6, 6.07) is 6.26. The average molecular weight is 234 g/mol. The van der Waals surface area contributed by atoms with Crippen LogP contribution >= 0.6 is 11.5 Å². The van der Waals surface area contributed by atoms with Crippen LogP contribution in [0.5, 0.6) is 0 Å². The number of pyridine rings is 1. The van der Waals surface area contributed by atoms with Crippen LogP contribution in [0, 0.1) is 0 Å². The minimum atomic E-state index is 0.280. The molecule has 0 fully saturated rings. The molecule has 4 nitrogen and oxygen atoms in total. The Morgan fingerprint density at radius 2 is 2.31 bits per heavy atom. The molecular weight excluding hydrogens is 220 g/mol. The van der Waals surface area contributed by atoms with Crippen LogP contribution < -0.4 is 0 Å². The summed E-state index contributed by atoms with van der Waals surface area (Å²) in [6.07, 6.45) is 1.82. The maximum atomic E-state index is 4.35. The number of nitrogens with zero attached hydrogens (tertiary/aromatic N) is 4. The maximum Gasteiger partial charge on any atom is 0.0895 e. The van der Waals surface area contributed by atoms with Crippen LogP contribution in [0.25, 0.3) is 0 Å². The van der Waals surface area contributed by atoms with E-state index in [4.69, 9.17) is 0 Å². The van der Waals surface area contributed by atoms with Crippen LogP contribution in [0.3, 0.4) is 0 Å². The van der Waals surface area contributed by atoms with Crippen LogP contribution in [-0.2, 0) is 6.54 Å². The SMILES string of the molecule is CC(c1ccccn1)N(C)Cc1csnn1. The van der Waals surface area contributed by atoms with Crippen molar-refractivity contribution in [1.82, 2.24) is 19.5 Å². The van der Waals surface area contributed by atoms with E-state index in [9.17, 15) is 0 Å². The van der Waals surface area contributed by atoms with Crippen molar-refractivity contribution in [1.29, 1.82) is 0 Å². The van der Waals surface area contributed by atoms with Gasteiger partial charge < -0.3 is 0 Å². The molecule has 0 saturated heterocycles. The fourth-order valence-electron chi connectivity index (χ4n) is 1.49. The Hall–Kier alpha value is -1.33.